The normalized spacial score (nSPS) is 11.7. The monoisotopic (exact) mass is 323 g/mol. The first kappa shape index (κ1) is 16.1. The average molecular weight is 323 g/mol. The van der Waals surface area contributed by atoms with Crippen LogP contribution in [0.5, 0.6) is 5.75 Å². The van der Waals surface area contributed by atoms with Crippen LogP contribution in [0.15, 0.2) is 46.9 Å². The Kier molecular flexibility index (Phi) is 3.84. The number of nitrogens with one attached hydrogen (secondary N) is 1. The van der Waals surface area contributed by atoms with Gasteiger partial charge in [-0.05, 0) is 24.4 Å². The summed E-state index contributed by atoms with van der Waals surface area (Å²) in [7, 11) is 0. The number of hydrogen-bond donors (Lipinski definition) is 2. The number of anilines is 1. The maximum absolute atomic E-state index is 12.7. The lowest BCUT2D eigenvalue weighted by molar-refractivity contribution is 0.102. The van der Waals surface area contributed by atoms with Gasteiger partial charge in [0.25, 0.3) is 5.91 Å². The number of aryl methyl sites for hydroxylation is 1. The third-order valence-electron chi connectivity index (χ3n) is 4.05. The summed E-state index contributed by atoms with van der Waals surface area (Å²) in [6.07, 6.45) is 0. The van der Waals surface area contributed by atoms with Crippen molar-refractivity contribution in [3.63, 3.8) is 0 Å². The van der Waals surface area contributed by atoms with Crippen molar-refractivity contribution in [2.24, 2.45) is 0 Å². The topological polar surface area (TPSA) is 62.5 Å². The zero-order chi connectivity index (χ0) is 17.5. The quantitative estimate of drug-likeness (QED) is 0.653. The van der Waals surface area contributed by atoms with E-state index >= 15 is 0 Å². The van der Waals surface area contributed by atoms with Crippen LogP contribution in [0.3, 0.4) is 0 Å². The number of furan rings is 1. The Morgan fingerprint density at radius 3 is 2.50 bits per heavy atom. The number of benzene rings is 2. The van der Waals surface area contributed by atoms with Crippen molar-refractivity contribution in [3.8, 4) is 5.75 Å². The number of carbonyl (C=O) groups is 1. The van der Waals surface area contributed by atoms with Gasteiger partial charge in [-0.15, -0.1) is 0 Å². The molecule has 0 saturated heterocycles. The van der Waals surface area contributed by atoms with E-state index in [4.69, 9.17) is 4.42 Å². The highest BCUT2D eigenvalue weighted by Gasteiger charge is 2.23. The van der Waals surface area contributed by atoms with Crippen molar-refractivity contribution < 1.29 is 14.3 Å². The van der Waals surface area contributed by atoms with Gasteiger partial charge in [-0.1, -0.05) is 51.1 Å². The van der Waals surface area contributed by atoms with E-state index in [0.29, 0.717) is 17.0 Å². The molecule has 0 fully saturated rings. The van der Waals surface area contributed by atoms with Crippen LogP contribution in [0.4, 0.5) is 5.69 Å². The minimum atomic E-state index is -0.293. The smallest absolute Gasteiger partial charge is 0.259 e. The van der Waals surface area contributed by atoms with Crippen molar-refractivity contribution in [1.29, 1.82) is 0 Å². The van der Waals surface area contributed by atoms with E-state index in [0.717, 1.165) is 16.5 Å². The third-order valence-corrected chi connectivity index (χ3v) is 4.05. The van der Waals surface area contributed by atoms with Gasteiger partial charge in [-0.3, -0.25) is 4.79 Å². The minimum Gasteiger partial charge on any atom is -0.506 e. The second-order valence-corrected chi connectivity index (χ2v) is 6.97. The summed E-state index contributed by atoms with van der Waals surface area (Å²) in [5, 5.41) is 14.7. The third kappa shape index (κ3) is 2.87. The number of rotatable bonds is 2. The lowest BCUT2D eigenvalue weighted by atomic mass is 9.93. The van der Waals surface area contributed by atoms with Crippen molar-refractivity contribution in [1.82, 2.24) is 0 Å². The molecule has 0 aliphatic rings. The molecule has 0 saturated carbocycles. The second-order valence-electron chi connectivity index (χ2n) is 6.97. The van der Waals surface area contributed by atoms with Gasteiger partial charge in [-0.25, -0.2) is 0 Å². The predicted octanol–water partition coefficient (Wildman–Crippen LogP) is 5.00. The number of phenols is 1. The summed E-state index contributed by atoms with van der Waals surface area (Å²) in [5.74, 6) is 1.07. The van der Waals surface area contributed by atoms with Gasteiger partial charge >= 0.3 is 0 Å². The van der Waals surface area contributed by atoms with Gasteiger partial charge in [-0.2, -0.15) is 0 Å². The summed E-state index contributed by atoms with van der Waals surface area (Å²) in [6, 6.07) is 12.8. The van der Waals surface area contributed by atoms with Crippen LogP contribution in [0.2, 0.25) is 0 Å². The molecular weight excluding hydrogens is 302 g/mol. The first-order chi connectivity index (χ1) is 11.3. The minimum absolute atomic E-state index is 0.0410. The molecule has 0 aliphatic heterocycles. The van der Waals surface area contributed by atoms with Crippen molar-refractivity contribution in [2.45, 2.75) is 33.1 Å². The number of hydrogen-bond acceptors (Lipinski definition) is 3. The Bertz CT molecular complexity index is 916. The van der Waals surface area contributed by atoms with Gasteiger partial charge in [0.05, 0.1) is 11.3 Å². The molecule has 4 heteroatoms. The SMILES string of the molecule is Cc1oc(C(C)(C)C)cc1C(=O)Nc1c(O)ccc2ccccc12. The van der Waals surface area contributed by atoms with Gasteiger partial charge in [0.1, 0.15) is 17.3 Å². The highest BCUT2D eigenvalue weighted by Crippen LogP contribution is 2.33. The summed E-state index contributed by atoms with van der Waals surface area (Å²) >= 11 is 0. The molecule has 3 aromatic rings. The van der Waals surface area contributed by atoms with Crippen LogP contribution in [-0.2, 0) is 5.41 Å². The standard InChI is InChI=1S/C20H21NO3/c1-12-15(11-17(24-12)20(2,3)4)19(23)21-18-14-8-6-5-7-13(14)9-10-16(18)22/h5-11,22H,1-4H3,(H,21,23). The Labute approximate surface area is 141 Å². The Balaban J connectivity index is 1.99. The summed E-state index contributed by atoms with van der Waals surface area (Å²) in [4.78, 5) is 12.7. The fourth-order valence-electron chi connectivity index (χ4n) is 2.65. The van der Waals surface area contributed by atoms with E-state index in [9.17, 15) is 9.90 Å². The number of phenolic OH excluding ortho intramolecular Hbond substituents is 1. The molecule has 1 aromatic heterocycles. The molecule has 1 heterocycles. The highest BCUT2D eigenvalue weighted by atomic mass is 16.3. The van der Waals surface area contributed by atoms with Gasteiger partial charge in [0.2, 0.25) is 0 Å². The molecule has 2 N–H and O–H groups in total. The predicted molar refractivity (Wildman–Crippen MR) is 95.7 cm³/mol. The Morgan fingerprint density at radius 2 is 1.83 bits per heavy atom. The summed E-state index contributed by atoms with van der Waals surface area (Å²) in [5.41, 5.74) is 0.716. The maximum atomic E-state index is 12.7. The largest absolute Gasteiger partial charge is 0.506 e. The molecule has 2 aromatic carbocycles. The zero-order valence-corrected chi connectivity index (χ0v) is 14.3. The molecule has 0 radical (unpaired) electrons. The van der Waals surface area contributed by atoms with Gasteiger partial charge in [0.15, 0.2) is 0 Å². The molecule has 0 atom stereocenters. The maximum Gasteiger partial charge on any atom is 0.259 e. The molecular formula is C20H21NO3. The first-order valence-electron chi connectivity index (χ1n) is 7.90. The van der Waals surface area contributed by atoms with E-state index in [2.05, 4.69) is 5.32 Å². The molecule has 24 heavy (non-hydrogen) atoms. The van der Waals surface area contributed by atoms with Crippen LogP contribution in [0.25, 0.3) is 10.8 Å². The lowest BCUT2D eigenvalue weighted by Gasteiger charge is -2.13. The van der Waals surface area contributed by atoms with Gasteiger partial charge < -0.3 is 14.8 Å². The van der Waals surface area contributed by atoms with Crippen LogP contribution in [0, 0.1) is 6.92 Å². The van der Waals surface area contributed by atoms with Gasteiger partial charge in [0, 0.05) is 10.8 Å². The number of carbonyl (C=O) groups excluding carboxylic acids is 1. The Morgan fingerprint density at radius 1 is 1.12 bits per heavy atom. The average Bonchev–Trinajstić information content (AvgIpc) is 2.92. The molecule has 0 unspecified atom stereocenters. The molecule has 0 spiro atoms. The summed E-state index contributed by atoms with van der Waals surface area (Å²) < 4.78 is 5.73. The number of aromatic hydroxyl groups is 1. The van der Waals surface area contributed by atoms with Crippen LogP contribution < -0.4 is 5.32 Å². The van der Waals surface area contributed by atoms with E-state index in [-0.39, 0.29) is 17.1 Å². The second kappa shape index (κ2) is 5.71. The molecule has 0 bridgehead atoms. The number of fused-ring (bicyclic) bond motifs is 1. The summed E-state index contributed by atoms with van der Waals surface area (Å²) in [6.45, 7) is 7.86. The molecule has 124 valence electrons. The molecule has 4 nitrogen and oxygen atoms in total. The zero-order valence-electron chi connectivity index (χ0n) is 14.3. The molecule has 0 aliphatic carbocycles. The van der Waals surface area contributed by atoms with Crippen LogP contribution in [-0.4, -0.2) is 11.0 Å². The highest BCUT2D eigenvalue weighted by molar-refractivity contribution is 6.11. The van der Waals surface area contributed by atoms with Crippen molar-refractivity contribution in [2.75, 3.05) is 5.32 Å². The van der Waals surface area contributed by atoms with E-state index in [1.807, 2.05) is 51.1 Å². The molecule has 3 rings (SSSR count). The van der Waals surface area contributed by atoms with E-state index < -0.39 is 0 Å². The fraction of sp³-hybridized carbons (Fsp3) is 0.250. The van der Waals surface area contributed by atoms with E-state index in [1.165, 1.54) is 0 Å². The number of amides is 1. The van der Waals surface area contributed by atoms with Crippen LogP contribution in [0.1, 0.15) is 42.6 Å². The first-order valence-corrected chi connectivity index (χ1v) is 7.90. The van der Waals surface area contributed by atoms with Crippen LogP contribution >= 0.6 is 0 Å². The van der Waals surface area contributed by atoms with Crippen molar-refractivity contribution in [3.05, 3.63) is 59.5 Å². The Hall–Kier alpha value is -2.75. The van der Waals surface area contributed by atoms with E-state index in [1.54, 1.807) is 19.1 Å². The van der Waals surface area contributed by atoms with Crippen molar-refractivity contribution >= 4 is 22.4 Å². The fourth-order valence-corrected chi connectivity index (χ4v) is 2.65. The lowest BCUT2D eigenvalue weighted by Crippen LogP contribution is -2.13. The molecule has 1 amide bonds.